The Kier molecular flexibility index (Phi) is 6.95. The van der Waals surface area contributed by atoms with Crippen LogP contribution >= 0.6 is 23.5 Å². The van der Waals surface area contributed by atoms with Crippen LogP contribution in [0.1, 0.15) is 25.3 Å². The molecule has 1 saturated heterocycles. The van der Waals surface area contributed by atoms with Crippen LogP contribution in [0.4, 0.5) is 0 Å². The standard InChI is InChI=1S/C22H25ClN2OS/c1-16-14-21(26-3)22(15-20(16)23)27-25-12-10-18(11-13-25)7-5-9-19-8-4-6-17(2)24-19/h4,6-8,14-15,19,24H,10-13H2,1-3H3. The molecule has 1 fully saturated rings. The molecule has 0 spiro atoms. The number of piperidine rings is 1. The summed E-state index contributed by atoms with van der Waals surface area (Å²) in [6, 6.07) is 4.11. The Morgan fingerprint density at radius 3 is 2.78 bits per heavy atom. The van der Waals surface area contributed by atoms with Crippen LogP contribution in [0.25, 0.3) is 0 Å². The molecule has 0 aliphatic carbocycles. The lowest BCUT2D eigenvalue weighted by Crippen LogP contribution is -2.25. The number of hydrogen-bond donors (Lipinski definition) is 1. The minimum atomic E-state index is 0.112. The van der Waals surface area contributed by atoms with Crippen molar-refractivity contribution in [1.82, 2.24) is 9.62 Å². The van der Waals surface area contributed by atoms with E-state index in [1.807, 2.05) is 19.1 Å². The largest absolute Gasteiger partial charge is 0.496 e. The van der Waals surface area contributed by atoms with Gasteiger partial charge in [-0.25, -0.2) is 4.31 Å². The van der Waals surface area contributed by atoms with Crippen molar-refractivity contribution in [1.29, 1.82) is 0 Å². The van der Waals surface area contributed by atoms with Crippen molar-refractivity contribution in [3.63, 3.8) is 0 Å². The van der Waals surface area contributed by atoms with E-state index in [4.69, 9.17) is 16.3 Å². The third-order valence-electron chi connectivity index (χ3n) is 4.59. The van der Waals surface area contributed by atoms with Gasteiger partial charge in [-0.1, -0.05) is 41.2 Å². The van der Waals surface area contributed by atoms with Crippen LogP contribution in [-0.4, -0.2) is 30.5 Å². The maximum atomic E-state index is 6.29. The van der Waals surface area contributed by atoms with Gasteiger partial charge in [0.1, 0.15) is 11.8 Å². The van der Waals surface area contributed by atoms with Gasteiger partial charge in [-0.3, -0.25) is 0 Å². The molecular weight excluding hydrogens is 376 g/mol. The molecule has 2 aliphatic heterocycles. The molecular formula is C22H25ClN2OS. The summed E-state index contributed by atoms with van der Waals surface area (Å²) in [6.45, 7) is 6.04. The second-order valence-electron chi connectivity index (χ2n) is 6.72. The maximum absolute atomic E-state index is 6.29. The number of hydrogen-bond acceptors (Lipinski definition) is 4. The number of dihydropyridines is 1. The van der Waals surface area contributed by atoms with Gasteiger partial charge in [-0.15, -0.1) is 0 Å². The first-order valence-corrected chi connectivity index (χ1v) is 10.3. The summed E-state index contributed by atoms with van der Waals surface area (Å²) in [4.78, 5) is 1.07. The quantitative estimate of drug-likeness (QED) is 0.562. The molecule has 5 heteroatoms. The first kappa shape index (κ1) is 19.9. The smallest absolute Gasteiger partial charge is 0.134 e. The monoisotopic (exact) mass is 400 g/mol. The second-order valence-corrected chi connectivity index (χ2v) is 8.27. The lowest BCUT2D eigenvalue weighted by molar-refractivity contribution is 0.400. The zero-order valence-electron chi connectivity index (χ0n) is 16.0. The van der Waals surface area contributed by atoms with Crippen molar-refractivity contribution in [3.05, 3.63) is 58.3 Å². The molecule has 1 N–H and O–H groups in total. The van der Waals surface area contributed by atoms with Gasteiger partial charge < -0.3 is 10.1 Å². The Morgan fingerprint density at radius 2 is 2.07 bits per heavy atom. The van der Waals surface area contributed by atoms with Gasteiger partial charge in [0.2, 0.25) is 0 Å². The fraction of sp³-hybridized carbons (Fsp3) is 0.364. The molecule has 142 valence electrons. The van der Waals surface area contributed by atoms with Crippen LogP contribution < -0.4 is 10.1 Å². The second kappa shape index (κ2) is 9.41. The molecule has 3 rings (SSSR count). The molecule has 2 heterocycles. The minimum Gasteiger partial charge on any atom is -0.496 e. The van der Waals surface area contributed by atoms with Gasteiger partial charge >= 0.3 is 0 Å². The van der Waals surface area contributed by atoms with Crippen LogP contribution in [0.15, 0.2) is 52.6 Å². The highest BCUT2D eigenvalue weighted by Gasteiger charge is 2.17. The lowest BCUT2D eigenvalue weighted by atomic mass is 10.1. The number of aryl methyl sites for hydroxylation is 1. The highest BCUT2D eigenvalue weighted by Crippen LogP contribution is 2.37. The van der Waals surface area contributed by atoms with Gasteiger partial charge in [0.15, 0.2) is 0 Å². The van der Waals surface area contributed by atoms with Gasteiger partial charge in [-0.2, -0.15) is 0 Å². The topological polar surface area (TPSA) is 24.5 Å². The number of allylic oxidation sites excluding steroid dienone is 4. The van der Waals surface area contributed by atoms with E-state index in [0.717, 1.165) is 52.9 Å². The number of nitrogens with zero attached hydrogens (tertiary/aromatic N) is 1. The first-order valence-electron chi connectivity index (χ1n) is 9.13. The van der Waals surface area contributed by atoms with Crippen molar-refractivity contribution < 1.29 is 4.74 Å². The zero-order chi connectivity index (χ0) is 19.2. The van der Waals surface area contributed by atoms with Crippen molar-refractivity contribution >= 4 is 23.5 Å². The summed E-state index contributed by atoms with van der Waals surface area (Å²) < 4.78 is 7.88. The number of ether oxygens (including phenoxy) is 1. The maximum Gasteiger partial charge on any atom is 0.134 e. The van der Waals surface area contributed by atoms with Crippen LogP contribution in [0, 0.1) is 18.8 Å². The fourth-order valence-corrected chi connectivity index (χ4v) is 4.26. The molecule has 1 aromatic rings. The van der Waals surface area contributed by atoms with E-state index < -0.39 is 0 Å². The predicted octanol–water partition coefficient (Wildman–Crippen LogP) is 5.12. The van der Waals surface area contributed by atoms with E-state index in [-0.39, 0.29) is 6.04 Å². The summed E-state index contributed by atoms with van der Waals surface area (Å²) >= 11 is 8.01. The van der Waals surface area contributed by atoms with Crippen molar-refractivity contribution in [2.45, 2.75) is 37.6 Å². The predicted molar refractivity (Wildman–Crippen MR) is 115 cm³/mol. The fourth-order valence-electron chi connectivity index (χ4n) is 2.99. The SMILES string of the molecule is COc1cc(C)c(Cl)cc1SN1CCC(=CC#CC2C=CC=C(C)N2)CC1. The van der Waals surface area contributed by atoms with Gasteiger partial charge in [-0.05, 0) is 68.5 Å². The summed E-state index contributed by atoms with van der Waals surface area (Å²) in [5.41, 5.74) is 3.61. The highest BCUT2D eigenvalue weighted by molar-refractivity contribution is 7.97. The summed E-state index contributed by atoms with van der Waals surface area (Å²) in [5.74, 6) is 7.37. The molecule has 3 nitrogen and oxygen atoms in total. The normalized spacial score (nSPS) is 19.6. The van der Waals surface area contributed by atoms with E-state index in [1.54, 1.807) is 19.1 Å². The molecule has 1 atom stereocenters. The third kappa shape index (κ3) is 5.59. The third-order valence-corrected chi connectivity index (χ3v) is 6.13. The highest BCUT2D eigenvalue weighted by atomic mass is 35.5. The average molecular weight is 401 g/mol. The van der Waals surface area contributed by atoms with Crippen LogP contribution in [0.3, 0.4) is 0 Å². The zero-order valence-corrected chi connectivity index (χ0v) is 17.6. The van der Waals surface area contributed by atoms with E-state index in [0.29, 0.717) is 0 Å². The van der Waals surface area contributed by atoms with Gasteiger partial charge in [0, 0.05) is 23.8 Å². The minimum absolute atomic E-state index is 0.112. The Hall–Kier alpha value is -1.80. The van der Waals surface area contributed by atoms with Crippen LogP contribution in [-0.2, 0) is 0 Å². The molecule has 0 radical (unpaired) electrons. The van der Waals surface area contributed by atoms with Crippen LogP contribution in [0.5, 0.6) is 5.75 Å². The number of methoxy groups -OCH3 is 1. The summed E-state index contributed by atoms with van der Waals surface area (Å²) in [5, 5.41) is 4.12. The molecule has 0 amide bonds. The number of nitrogens with one attached hydrogen (secondary N) is 1. The van der Waals surface area contributed by atoms with Crippen molar-refractivity contribution in [2.75, 3.05) is 20.2 Å². The molecule has 27 heavy (non-hydrogen) atoms. The van der Waals surface area contributed by atoms with Crippen LogP contribution in [0.2, 0.25) is 5.02 Å². The number of benzene rings is 1. The van der Waals surface area contributed by atoms with Crippen molar-refractivity contribution in [2.24, 2.45) is 0 Å². The Labute approximate surface area is 171 Å². The van der Waals surface area contributed by atoms with Gasteiger partial charge in [0.05, 0.1) is 12.0 Å². The molecule has 1 aromatic carbocycles. The summed E-state index contributed by atoms with van der Waals surface area (Å²) in [7, 11) is 1.70. The molecule has 0 aromatic heterocycles. The van der Waals surface area contributed by atoms with Gasteiger partial charge in [0.25, 0.3) is 0 Å². The first-order chi connectivity index (χ1) is 13.0. The van der Waals surface area contributed by atoms with E-state index >= 15 is 0 Å². The van der Waals surface area contributed by atoms with E-state index in [2.05, 4.69) is 52.7 Å². The Morgan fingerprint density at radius 1 is 1.30 bits per heavy atom. The molecule has 1 unspecified atom stereocenters. The van der Waals surface area contributed by atoms with E-state index in [1.165, 1.54) is 5.57 Å². The summed E-state index contributed by atoms with van der Waals surface area (Å²) in [6.07, 6.45) is 10.4. The van der Waals surface area contributed by atoms with Crippen molar-refractivity contribution in [3.8, 4) is 17.6 Å². The molecule has 0 bridgehead atoms. The lowest BCUT2D eigenvalue weighted by Gasteiger charge is -2.27. The number of halogens is 1. The molecule has 0 saturated carbocycles. The number of rotatable bonds is 3. The molecule has 2 aliphatic rings. The average Bonchev–Trinajstić information content (AvgIpc) is 2.66. The van der Waals surface area contributed by atoms with E-state index in [9.17, 15) is 0 Å². The Bertz CT molecular complexity index is 838. The Balaban J connectivity index is 1.55.